The molecule has 1 aromatic carbocycles. The topological polar surface area (TPSA) is 50.8 Å². The Morgan fingerprint density at radius 1 is 1.21 bits per heavy atom. The molecule has 0 aromatic heterocycles. The van der Waals surface area contributed by atoms with Crippen LogP contribution in [-0.2, 0) is 14.3 Å². The molecule has 1 amide bonds. The lowest BCUT2D eigenvalue weighted by molar-refractivity contribution is -0.117. The van der Waals surface area contributed by atoms with E-state index in [1.54, 1.807) is 18.2 Å². The van der Waals surface area contributed by atoms with Crippen LogP contribution in [0.4, 0.5) is 5.69 Å². The van der Waals surface area contributed by atoms with Gasteiger partial charge in [-0.05, 0) is 44.1 Å². The van der Waals surface area contributed by atoms with Crippen molar-refractivity contribution in [2.45, 2.75) is 25.6 Å². The summed E-state index contributed by atoms with van der Waals surface area (Å²) in [7, 11) is 0. The molecule has 1 N–H and O–H groups in total. The van der Waals surface area contributed by atoms with Crippen molar-refractivity contribution in [1.82, 2.24) is 4.90 Å². The highest BCUT2D eigenvalue weighted by molar-refractivity contribution is 6.35. The van der Waals surface area contributed by atoms with Gasteiger partial charge in [0.05, 0.1) is 23.9 Å². The van der Waals surface area contributed by atoms with Crippen molar-refractivity contribution >= 4 is 34.8 Å². The molecule has 3 rings (SSSR count). The van der Waals surface area contributed by atoms with Crippen molar-refractivity contribution in [2.75, 3.05) is 38.2 Å². The molecule has 0 aliphatic carbocycles. The molecule has 0 unspecified atom stereocenters. The maximum absolute atomic E-state index is 12.1. The Morgan fingerprint density at radius 2 is 1.92 bits per heavy atom. The third-order valence-electron chi connectivity index (χ3n) is 4.52. The number of hydrogen-bond donors (Lipinski definition) is 1. The first-order chi connectivity index (χ1) is 11.6. The molecule has 7 heteroatoms. The molecule has 1 aromatic rings. The molecule has 0 atom stereocenters. The lowest BCUT2D eigenvalue weighted by atomic mass is 9.96. The Labute approximate surface area is 152 Å². The SMILES string of the molecule is O=C(CCN1CCC(C2OCCO2)CC1)Nc1cc(Cl)ccc1Cl. The number of benzene rings is 1. The standard InChI is InChI=1S/C17H22Cl2N2O3/c18-13-1-2-14(19)15(11-13)20-16(22)5-8-21-6-3-12(4-7-21)17-23-9-10-24-17/h1-2,11-12,17H,3-10H2,(H,20,22). The fourth-order valence-corrected chi connectivity index (χ4v) is 3.50. The van der Waals surface area contributed by atoms with Crippen molar-refractivity contribution in [3.63, 3.8) is 0 Å². The Hall–Kier alpha value is -0.850. The average Bonchev–Trinajstić information content (AvgIpc) is 3.11. The number of ether oxygens (including phenoxy) is 2. The molecular weight excluding hydrogens is 351 g/mol. The second-order valence-corrected chi connectivity index (χ2v) is 7.06. The number of hydrogen-bond acceptors (Lipinski definition) is 4. The van der Waals surface area contributed by atoms with Crippen LogP contribution in [0.25, 0.3) is 0 Å². The molecule has 0 saturated carbocycles. The summed E-state index contributed by atoms with van der Waals surface area (Å²) in [5, 5.41) is 3.86. The van der Waals surface area contributed by atoms with Gasteiger partial charge in [0, 0.05) is 23.9 Å². The smallest absolute Gasteiger partial charge is 0.225 e. The van der Waals surface area contributed by atoms with Crippen LogP contribution in [0.2, 0.25) is 10.0 Å². The molecular formula is C17H22Cl2N2O3. The predicted octanol–water partition coefficient (Wildman–Crippen LogP) is 3.41. The molecule has 0 bridgehead atoms. The minimum absolute atomic E-state index is 0.0274. The first-order valence-corrected chi connectivity index (χ1v) is 9.08. The van der Waals surface area contributed by atoms with E-state index in [2.05, 4.69) is 10.2 Å². The number of rotatable bonds is 5. The fourth-order valence-electron chi connectivity index (χ4n) is 3.16. The summed E-state index contributed by atoms with van der Waals surface area (Å²) in [5.74, 6) is 0.423. The number of likely N-dealkylation sites (tertiary alicyclic amines) is 1. The van der Waals surface area contributed by atoms with Crippen LogP contribution < -0.4 is 5.32 Å². The Morgan fingerprint density at radius 3 is 2.62 bits per heavy atom. The van der Waals surface area contributed by atoms with E-state index in [-0.39, 0.29) is 12.2 Å². The van der Waals surface area contributed by atoms with Crippen LogP contribution in [-0.4, -0.2) is 49.9 Å². The van der Waals surface area contributed by atoms with E-state index < -0.39 is 0 Å². The minimum atomic E-state index is -0.0521. The number of amides is 1. The van der Waals surface area contributed by atoms with Gasteiger partial charge in [-0.25, -0.2) is 0 Å². The number of nitrogens with zero attached hydrogens (tertiary/aromatic N) is 1. The second kappa shape index (κ2) is 8.50. The van der Waals surface area contributed by atoms with Gasteiger partial charge in [-0.15, -0.1) is 0 Å². The van der Waals surface area contributed by atoms with Crippen LogP contribution in [0.15, 0.2) is 18.2 Å². The molecule has 2 aliphatic rings. The minimum Gasteiger partial charge on any atom is -0.350 e. The molecule has 0 spiro atoms. The van der Waals surface area contributed by atoms with E-state index in [0.717, 1.165) is 32.5 Å². The normalized spacial score (nSPS) is 20.4. The Bertz CT molecular complexity index is 571. The van der Waals surface area contributed by atoms with Gasteiger partial charge in [0.25, 0.3) is 0 Å². The highest BCUT2D eigenvalue weighted by Gasteiger charge is 2.30. The third-order valence-corrected chi connectivity index (χ3v) is 5.09. The zero-order valence-corrected chi connectivity index (χ0v) is 15.0. The van der Waals surface area contributed by atoms with Crippen LogP contribution in [0.5, 0.6) is 0 Å². The molecule has 2 fully saturated rings. The first kappa shape index (κ1) is 18.0. The summed E-state index contributed by atoms with van der Waals surface area (Å²) in [6.45, 7) is 4.09. The molecule has 24 heavy (non-hydrogen) atoms. The Balaban J connectivity index is 1.40. The van der Waals surface area contributed by atoms with E-state index >= 15 is 0 Å². The first-order valence-electron chi connectivity index (χ1n) is 8.32. The van der Waals surface area contributed by atoms with Crippen molar-refractivity contribution in [3.8, 4) is 0 Å². The van der Waals surface area contributed by atoms with E-state index in [1.165, 1.54) is 0 Å². The van der Waals surface area contributed by atoms with Gasteiger partial charge in [-0.1, -0.05) is 23.2 Å². The van der Waals surface area contributed by atoms with Gasteiger partial charge in [-0.2, -0.15) is 0 Å². The second-order valence-electron chi connectivity index (χ2n) is 6.21. The Kier molecular flexibility index (Phi) is 6.36. The summed E-state index contributed by atoms with van der Waals surface area (Å²) in [6.07, 6.45) is 2.50. The lowest BCUT2D eigenvalue weighted by Gasteiger charge is -2.33. The zero-order chi connectivity index (χ0) is 16.9. The quantitative estimate of drug-likeness (QED) is 0.860. The summed E-state index contributed by atoms with van der Waals surface area (Å²) in [5.41, 5.74) is 0.559. The highest BCUT2D eigenvalue weighted by atomic mass is 35.5. The van der Waals surface area contributed by atoms with Crippen LogP contribution in [0, 0.1) is 5.92 Å². The summed E-state index contributed by atoms with van der Waals surface area (Å²) >= 11 is 12.0. The molecule has 0 radical (unpaired) electrons. The maximum atomic E-state index is 12.1. The predicted molar refractivity (Wildman–Crippen MR) is 94.6 cm³/mol. The number of nitrogens with one attached hydrogen (secondary N) is 1. The van der Waals surface area contributed by atoms with Crippen molar-refractivity contribution in [2.24, 2.45) is 5.92 Å². The van der Waals surface area contributed by atoms with Crippen molar-refractivity contribution in [3.05, 3.63) is 28.2 Å². The zero-order valence-electron chi connectivity index (χ0n) is 13.5. The van der Waals surface area contributed by atoms with Gasteiger partial charge in [0.15, 0.2) is 6.29 Å². The van der Waals surface area contributed by atoms with E-state index in [1.807, 2.05) is 0 Å². The summed E-state index contributed by atoms with van der Waals surface area (Å²) in [4.78, 5) is 14.4. The number of carbonyl (C=O) groups is 1. The lowest BCUT2D eigenvalue weighted by Crippen LogP contribution is -2.39. The summed E-state index contributed by atoms with van der Waals surface area (Å²) < 4.78 is 11.2. The van der Waals surface area contributed by atoms with E-state index in [9.17, 15) is 4.79 Å². The summed E-state index contributed by atoms with van der Waals surface area (Å²) in [6, 6.07) is 5.04. The monoisotopic (exact) mass is 372 g/mol. The maximum Gasteiger partial charge on any atom is 0.225 e. The number of piperidine rings is 1. The van der Waals surface area contributed by atoms with Crippen molar-refractivity contribution in [1.29, 1.82) is 0 Å². The van der Waals surface area contributed by atoms with Gasteiger partial charge in [0.2, 0.25) is 5.91 Å². The van der Waals surface area contributed by atoms with E-state index in [4.69, 9.17) is 32.7 Å². The number of anilines is 1. The van der Waals surface area contributed by atoms with E-state index in [0.29, 0.717) is 41.3 Å². The van der Waals surface area contributed by atoms with Gasteiger partial charge < -0.3 is 19.7 Å². The molecule has 2 aliphatic heterocycles. The van der Waals surface area contributed by atoms with Crippen molar-refractivity contribution < 1.29 is 14.3 Å². The molecule has 2 saturated heterocycles. The number of carbonyl (C=O) groups excluding carboxylic acids is 1. The van der Waals surface area contributed by atoms with Crippen LogP contribution >= 0.6 is 23.2 Å². The average molecular weight is 373 g/mol. The van der Waals surface area contributed by atoms with Gasteiger partial charge in [0.1, 0.15) is 0 Å². The van der Waals surface area contributed by atoms with Gasteiger partial charge >= 0.3 is 0 Å². The number of halogens is 2. The third kappa shape index (κ3) is 4.83. The van der Waals surface area contributed by atoms with Crippen LogP contribution in [0.3, 0.4) is 0 Å². The molecule has 132 valence electrons. The van der Waals surface area contributed by atoms with Crippen LogP contribution in [0.1, 0.15) is 19.3 Å². The largest absolute Gasteiger partial charge is 0.350 e. The highest BCUT2D eigenvalue weighted by Crippen LogP contribution is 2.27. The molecule has 2 heterocycles. The molecule has 5 nitrogen and oxygen atoms in total. The fraction of sp³-hybridized carbons (Fsp3) is 0.588. The van der Waals surface area contributed by atoms with Gasteiger partial charge in [-0.3, -0.25) is 4.79 Å².